The maximum absolute atomic E-state index is 11.3. The molecule has 1 aromatic carbocycles. The molecule has 0 radical (unpaired) electrons. The van der Waals surface area contributed by atoms with Gasteiger partial charge in [-0.25, -0.2) is 0 Å². The standard InChI is InChI=1S/C14H19NO2/c1-2-17-14-5-3-11(4-6-14)9-12-10-13(16)7-8-15-12/h3-6,12,15H,2,7-10H2,1H3. The summed E-state index contributed by atoms with van der Waals surface area (Å²) in [7, 11) is 0. The van der Waals surface area contributed by atoms with E-state index in [-0.39, 0.29) is 0 Å². The molecule has 0 aromatic heterocycles. The second kappa shape index (κ2) is 5.82. The number of hydrogen-bond acceptors (Lipinski definition) is 3. The van der Waals surface area contributed by atoms with Crippen LogP contribution in [0.2, 0.25) is 0 Å². The van der Waals surface area contributed by atoms with Crippen LogP contribution in [0.3, 0.4) is 0 Å². The Bertz CT molecular complexity index is 372. The largest absolute Gasteiger partial charge is 0.494 e. The quantitative estimate of drug-likeness (QED) is 0.863. The van der Waals surface area contributed by atoms with Crippen molar-refractivity contribution >= 4 is 5.78 Å². The maximum atomic E-state index is 11.3. The zero-order chi connectivity index (χ0) is 12.1. The molecule has 0 amide bonds. The van der Waals surface area contributed by atoms with Crippen molar-refractivity contribution in [2.45, 2.75) is 32.2 Å². The van der Waals surface area contributed by atoms with Crippen LogP contribution in [0.1, 0.15) is 25.3 Å². The van der Waals surface area contributed by atoms with E-state index in [9.17, 15) is 4.79 Å². The summed E-state index contributed by atoms with van der Waals surface area (Å²) in [5.41, 5.74) is 1.25. The molecular weight excluding hydrogens is 214 g/mol. The second-order valence-corrected chi connectivity index (χ2v) is 4.42. The van der Waals surface area contributed by atoms with Crippen molar-refractivity contribution in [2.24, 2.45) is 0 Å². The molecule has 1 unspecified atom stereocenters. The first-order valence-corrected chi connectivity index (χ1v) is 6.24. The van der Waals surface area contributed by atoms with Gasteiger partial charge in [-0.1, -0.05) is 12.1 Å². The Morgan fingerprint density at radius 2 is 2.12 bits per heavy atom. The van der Waals surface area contributed by atoms with Gasteiger partial charge in [0.15, 0.2) is 0 Å². The number of benzene rings is 1. The van der Waals surface area contributed by atoms with Crippen LogP contribution in [-0.4, -0.2) is 25.0 Å². The number of carbonyl (C=O) groups excluding carboxylic acids is 1. The van der Waals surface area contributed by atoms with E-state index in [1.165, 1.54) is 5.56 Å². The SMILES string of the molecule is CCOc1ccc(CC2CC(=O)CCN2)cc1. The van der Waals surface area contributed by atoms with Gasteiger partial charge >= 0.3 is 0 Å². The van der Waals surface area contributed by atoms with Crippen molar-refractivity contribution in [3.63, 3.8) is 0 Å². The first kappa shape index (κ1) is 12.1. The molecular formula is C14H19NO2. The molecule has 0 saturated carbocycles. The first-order valence-electron chi connectivity index (χ1n) is 6.24. The minimum absolute atomic E-state index is 0.300. The Hall–Kier alpha value is -1.35. The maximum Gasteiger partial charge on any atom is 0.135 e. The molecule has 92 valence electrons. The number of ketones is 1. The highest BCUT2D eigenvalue weighted by atomic mass is 16.5. The molecule has 1 aliphatic heterocycles. The van der Waals surface area contributed by atoms with Gasteiger partial charge in [0, 0.05) is 25.4 Å². The molecule has 0 bridgehead atoms. The molecule has 1 fully saturated rings. The minimum atomic E-state index is 0.300. The summed E-state index contributed by atoms with van der Waals surface area (Å²) in [6.07, 6.45) is 2.26. The third kappa shape index (κ3) is 3.56. The molecule has 3 heteroatoms. The Kier molecular flexibility index (Phi) is 4.15. The van der Waals surface area contributed by atoms with Gasteiger partial charge in [0.25, 0.3) is 0 Å². The Labute approximate surface area is 102 Å². The minimum Gasteiger partial charge on any atom is -0.494 e. The van der Waals surface area contributed by atoms with Crippen molar-refractivity contribution in [2.75, 3.05) is 13.2 Å². The third-order valence-corrected chi connectivity index (χ3v) is 3.03. The average Bonchev–Trinajstić information content (AvgIpc) is 2.32. The molecule has 2 rings (SSSR count). The predicted molar refractivity (Wildman–Crippen MR) is 67.3 cm³/mol. The van der Waals surface area contributed by atoms with Crippen LogP contribution in [0.15, 0.2) is 24.3 Å². The molecule has 1 heterocycles. The van der Waals surface area contributed by atoms with Gasteiger partial charge < -0.3 is 10.1 Å². The van der Waals surface area contributed by atoms with E-state index in [0.29, 0.717) is 31.3 Å². The number of hydrogen-bond donors (Lipinski definition) is 1. The van der Waals surface area contributed by atoms with Gasteiger partial charge in [0.1, 0.15) is 11.5 Å². The van der Waals surface area contributed by atoms with E-state index in [1.807, 2.05) is 19.1 Å². The molecule has 1 atom stereocenters. The molecule has 3 nitrogen and oxygen atoms in total. The highest BCUT2D eigenvalue weighted by molar-refractivity contribution is 5.80. The van der Waals surface area contributed by atoms with Crippen LogP contribution in [0.4, 0.5) is 0 Å². The summed E-state index contributed by atoms with van der Waals surface area (Å²) < 4.78 is 5.40. The summed E-state index contributed by atoms with van der Waals surface area (Å²) >= 11 is 0. The van der Waals surface area contributed by atoms with Gasteiger partial charge in [0.2, 0.25) is 0 Å². The summed E-state index contributed by atoms with van der Waals surface area (Å²) in [5.74, 6) is 1.28. The normalized spacial score (nSPS) is 20.3. The Balaban J connectivity index is 1.91. The lowest BCUT2D eigenvalue weighted by Gasteiger charge is -2.22. The second-order valence-electron chi connectivity index (χ2n) is 4.42. The Morgan fingerprint density at radius 1 is 1.35 bits per heavy atom. The molecule has 1 saturated heterocycles. The summed E-state index contributed by atoms with van der Waals surface area (Å²) in [6.45, 7) is 3.49. The molecule has 0 aliphatic carbocycles. The zero-order valence-corrected chi connectivity index (χ0v) is 10.2. The molecule has 17 heavy (non-hydrogen) atoms. The number of rotatable bonds is 4. The van der Waals surface area contributed by atoms with Crippen molar-refractivity contribution in [1.29, 1.82) is 0 Å². The van der Waals surface area contributed by atoms with Crippen molar-refractivity contribution < 1.29 is 9.53 Å². The Morgan fingerprint density at radius 3 is 2.76 bits per heavy atom. The lowest BCUT2D eigenvalue weighted by atomic mass is 9.97. The van der Waals surface area contributed by atoms with Gasteiger partial charge in [-0.15, -0.1) is 0 Å². The summed E-state index contributed by atoms with van der Waals surface area (Å²) in [4.78, 5) is 11.3. The van der Waals surface area contributed by atoms with E-state index < -0.39 is 0 Å². The summed E-state index contributed by atoms with van der Waals surface area (Å²) in [6, 6.07) is 8.43. The molecule has 1 N–H and O–H groups in total. The zero-order valence-electron chi connectivity index (χ0n) is 10.2. The van der Waals surface area contributed by atoms with E-state index >= 15 is 0 Å². The average molecular weight is 233 g/mol. The van der Waals surface area contributed by atoms with E-state index in [4.69, 9.17) is 4.74 Å². The fourth-order valence-corrected chi connectivity index (χ4v) is 2.18. The van der Waals surface area contributed by atoms with Crippen LogP contribution < -0.4 is 10.1 Å². The highest BCUT2D eigenvalue weighted by Crippen LogP contribution is 2.15. The van der Waals surface area contributed by atoms with Gasteiger partial charge in [-0.3, -0.25) is 4.79 Å². The van der Waals surface area contributed by atoms with E-state index in [2.05, 4.69) is 17.4 Å². The van der Waals surface area contributed by atoms with Crippen LogP contribution in [0.25, 0.3) is 0 Å². The highest BCUT2D eigenvalue weighted by Gasteiger charge is 2.18. The molecule has 0 spiro atoms. The first-order chi connectivity index (χ1) is 8.28. The topological polar surface area (TPSA) is 38.3 Å². The number of ether oxygens (including phenoxy) is 1. The summed E-state index contributed by atoms with van der Waals surface area (Å²) in [5, 5.41) is 3.39. The van der Waals surface area contributed by atoms with Gasteiger partial charge in [-0.05, 0) is 31.0 Å². The fourth-order valence-electron chi connectivity index (χ4n) is 2.18. The lowest BCUT2D eigenvalue weighted by molar-refractivity contribution is -0.120. The monoisotopic (exact) mass is 233 g/mol. The van der Waals surface area contributed by atoms with E-state index in [0.717, 1.165) is 18.7 Å². The molecule has 1 aliphatic rings. The van der Waals surface area contributed by atoms with E-state index in [1.54, 1.807) is 0 Å². The van der Waals surface area contributed by atoms with Crippen LogP contribution in [0.5, 0.6) is 5.75 Å². The van der Waals surface area contributed by atoms with Gasteiger partial charge in [-0.2, -0.15) is 0 Å². The van der Waals surface area contributed by atoms with Crippen LogP contribution in [0, 0.1) is 0 Å². The fraction of sp³-hybridized carbons (Fsp3) is 0.500. The van der Waals surface area contributed by atoms with Crippen LogP contribution in [-0.2, 0) is 11.2 Å². The molecule has 1 aromatic rings. The smallest absolute Gasteiger partial charge is 0.135 e. The van der Waals surface area contributed by atoms with Crippen molar-refractivity contribution in [3.05, 3.63) is 29.8 Å². The number of Topliss-reactive ketones (excluding diaryl/α,β-unsaturated/α-hetero) is 1. The number of nitrogens with one attached hydrogen (secondary N) is 1. The van der Waals surface area contributed by atoms with Crippen LogP contribution >= 0.6 is 0 Å². The van der Waals surface area contributed by atoms with Crippen molar-refractivity contribution in [3.8, 4) is 5.75 Å². The van der Waals surface area contributed by atoms with Crippen molar-refractivity contribution in [1.82, 2.24) is 5.32 Å². The predicted octanol–water partition coefficient (Wildman–Crippen LogP) is 1.95. The number of piperidine rings is 1. The number of carbonyl (C=O) groups is 1. The lowest BCUT2D eigenvalue weighted by Crippen LogP contribution is -2.39. The van der Waals surface area contributed by atoms with Gasteiger partial charge in [0.05, 0.1) is 6.61 Å². The third-order valence-electron chi connectivity index (χ3n) is 3.03.